The molecule has 1 aliphatic carbocycles. The van der Waals surface area contributed by atoms with Gasteiger partial charge in [-0.25, -0.2) is 9.78 Å². The van der Waals surface area contributed by atoms with Crippen LogP contribution in [0, 0.1) is 0 Å². The maximum atomic E-state index is 10.5. The SMILES string of the molecule is NC(=O)OCc1cn2cc(C3CC3)ccc2n1. The molecule has 3 rings (SSSR count). The van der Waals surface area contributed by atoms with Gasteiger partial charge in [0.25, 0.3) is 0 Å². The molecular formula is C12H13N3O2. The summed E-state index contributed by atoms with van der Waals surface area (Å²) in [6.07, 6.45) is 5.73. The maximum absolute atomic E-state index is 10.5. The molecule has 1 aliphatic rings. The first-order valence-electron chi connectivity index (χ1n) is 5.62. The Kier molecular flexibility index (Phi) is 2.24. The molecule has 0 atom stereocenters. The molecule has 5 nitrogen and oxygen atoms in total. The van der Waals surface area contributed by atoms with Gasteiger partial charge in [-0.2, -0.15) is 0 Å². The summed E-state index contributed by atoms with van der Waals surface area (Å²) in [4.78, 5) is 14.8. The zero-order chi connectivity index (χ0) is 11.8. The molecule has 0 unspecified atom stereocenters. The number of imidazole rings is 1. The Morgan fingerprint density at radius 3 is 3.00 bits per heavy atom. The number of hydrogen-bond acceptors (Lipinski definition) is 3. The molecule has 0 radical (unpaired) electrons. The van der Waals surface area contributed by atoms with E-state index < -0.39 is 6.09 Å². The third-order valence-electron chi connectivity index (χ3n) is 2.93. The van der Waals surface area contributed by atoms with E-state index in [1.165, 1.54) is 18.4 Å². The summed E-state index contributed by atoms with van der Waals surface area (Å²) in [6, 6.07) is 4.10. The number of nitrogens with zero attached hydrogens (tertiary/aromatic N) is 2. The fourth-order valence-electron chi connectivity index (χ4n) is 1.93. The maximum Gasteiger partial charge on any atom is 0.404 e. The van der Waals surface area contributed by atoms with Gasteiger partial charge in [-0.15, -0.1) is 0 Å². The van der Waals surface area contributed by atoms with Crippen LogP contribution in [0.15, 0.2) is 24.5 Å². The van der Waals surface area contributed by atoms with Gasteiger partial charge in [0.15, 0.2) is 0 Å². The molecule has 17 heavy (non-hydrogen) atoms. The van der Waals surface area contributed by atoms with Gasteiger partial charge in [0.2, 0.25) is 0 Å². The van der Waals surface area contributed by atoms with Gasteiger partial charge < -0.3 is 14.9 Å². The van der Waals surface area contributed by atoms with Gasteiger partial charge >= 0.3 is 6.09 Å². The highest BCUT2D eigenvalue weighted by molar-refractivity contribution is 5.64. The Morgan fingerprint density at radius 1 is 1.47 bits per heavy atom. The minimum atomic E-state index is -0.777. The van der Waals surface area contributed by atoms with E-state index in [2.05, 4.69) is 17.2 Å². The Hall–Kier alpha value is -2.04. The molecule has 0 bridgehead atoms. The van der Waals surface area contributed by atoms with E-state index in [1.54, 1.807) is 0 Å². The first-order chi connectivity index (χ1) is 8.22. The van der Waals surface area contributed by atoms with E-state index >= 15 is 0 Å². The van der Waals surface area contributed by atoms with Crippen LogP contribution >= 0.6 is 0 Å². The molecule has 2 heterocycles. The molecule has 1 amide bonds. The summed E-state index contributed by atoms with van der Waals surface area (Å²) in [7, 11) is 0. The van der Waals surface area contributed by atoms with Crippen LogP contribution in [0.5, 0.6) is 0 Å². The average molecular weight is 231 g/mol. The first kappa shape index (κ1) is 10.1. The lowest BCUT2D eigenvalue weighted by atomic mass is 10.2. The summed E-state index contributed by atoms with van der Waals surface area (Å²) < 4.78 is 6.68. The first-order valence-corrected chi connectivity index (χ1v) is 5.62. The van der Waals surface area contributed by atoms with Crippen LogP contribution in [0.2, 0.25) is 0 Å². The number of carbonyl (C=O) groups excluding carboxylic acids is 1. The number of hydrogen-bond donors (Lipinski definition) is 1. The van der Waals surface area contributed by atoms with Crippen LogP contribution in [-0.2, 0) is 11.3 Å². The molecule has 0 aromatic carbocycles. The Bertz CT molecular complexity index is 572. The molecule has 0 spiro atoms. The monoisotopic (exact) mass is 231 g/mol. The molecule has 0 saturated heterocycles. The van der Waals surface area contributed by atoms with Crippen molar-refractivity contribution in [3.8, 4) is 0 Å². The van der Waals surface area contributed by atoms with E-state index in [4.69, 9.17) is 10.5 Å². The van der Waals surface area contributed by atoms with E-state index in [1.807, 2.05) is 16.7 Å². The van der Waals surface area contributed by atoms with E-state index in [9.17, 15) is 4.79 Å². The van der Waals surface area contributed by atoms with Gasteiger partial charge in [0, 0.05) is 12.4 Å². The van der Waals surface area contributed by atoms with E-state index in [0.29, 0.717) is 11.6 Å². The second-order valence-electron chi connectivity index (χ2n) is 4.34. The number of primary amides is 1. The van der Waals surface area contributed by atoms with Crippen molar-refractivity contribution in [1.82, 2.24) is 9.38 Å². The van der Waals surface area contributed by atoms with Crippen LogP contribution < -0.4 is 5.73 Å². The lowest BCUT2D eigenvalue weighted by molar-refractivity contribution is 0.149. The third-order valence-corrected chi connectivity index (χ3v) is 2.93. The lowest BCUT2D eigenvalue weighted by Gasteiger charge is -1.98. The largest absolute Gasteiger partial charge is 0.443 e. The lowest BCUT2D eigenvalue weighted by Crippen LogP contribution is -2.12. The average Bonchev–Trinajstić information content (AvgIpc) is 3.06. The van der Waals surface area contributed by atoms with Crippen LogP contribution in [0.4, 0.5) is 4.79 Å². The zero-order valence-electron chi connectivity index (χ0n) is 9.30. The molecule has 2 N–H and O–H groups in total. The van der Waals surface area contributed by atoms with Crippen molar-refractivity contribution in [2.75, 3.05) is 0 Å². The predicted octanol–water partition coefficient (Wildman–Crippen LogP) is 1.81. The van der Waals surface area contributed by atoms with Crippen molar-refractivity contribution in [1.29, 1.82) is 0 Å². The van der Waals surface area contributed by atoms with E-state index in [-0.39, 0.29) is 6.61 Å². The van der Waals surface area contributed by atoms with Crippen molar-refractivity contribution < 1.29 is 9.53 Å². The molecule has 2 aromatic heterocycles. The van der Waals surface area contributed by atoms with Gasteiger partial charge in [-0.3, -0.25) is 0 Å². The predicted molar refractivity (Wildman–Crippen MR) is 61.5 cm³/mol. The number of rotatable bonds is 3. The summed E-state index contributed by atoms with van der Waals surface area (Å²) in [5.74, 6) is 0.715. The molecule has 5 heteroatoms. The summed E-state index contributed by atoms with van der Waals surface area (Å²) in [6.45, 7) is 0.121. The molecule has 88 valence electrons. The fourth-order valence-corrected chi connectivity index (χ4v) is 1.93. The quantitative estimate of drug-likeness (QED) is 0.875. The molecule has 0 aliphatic heterocycles. The Balaban J connectivity index is 1.87. The number of ether oxygens (including phenoxy) is 1. The normalized spacial score (nSPS) is 15.1. The van der Waals surface area contributed by atoms with Gasteiger partial charge in [0.05, 0.1) is 5.69 Å². The highest BCUT2D eigenvalue weighted by atomic mass is 16.5. The van der Waals surface area contributed by atoms with Gasteiger partial charge in [-0.05, 0) is 30.4 Å². The smallest absolute Gasteiger partial charge is 0.404 e. The standard InChI is InChI=1S/C12H13N3O2/c13-12(16)17-7-10-6-15-5-9(8-1-2-8)3-4-11(15)14-10/h3-6,8H,1-2,7H2,(H2,13,16). The Labute approximate surface area is 98.2 Å². The fraction of sp³-hybridized carbons (Fsp3) is 0.333. The van der Waals surface area contributed by atoms with Crippen LogP contribution in [-0.4, -0.2) is 15.5 Å². The number of pyridine rings is 1. The van der Waals surface area contributed by atoms with Crippen molar-refractivity contribution in [2.24, 2.45) is 5.73 Å². The summed E-state index contributed by atoms with van der Waals surface area (Å²) in [5, 5.41) is 0. The number of carbonyl (C=O) groups is 1. The summed E-state index contributed by atoms with van der Waals surface area (Å²) >= 11 is 0. The molecule has 2 aromatic rings. The van der Waals surface area contributed by atoms with Crippen molar-refractivity contribution in [3.05, 3.63) is 35.8 Å². The van der Waals surface area contributed by atoms with Crippen molar-refractivity contribution >= 4 is 11.7 Å². The molecule has 1 fully saturated rings. The molecule has 1 saturated carbocycles. The second kappa shape index (κ2) is 3.76. The number of amides is 1. The highest BCUT2D eigenvalue weighted by Crippen LogP contribution is 2.39. The van der Waals surface area contributed by atoms with Crippen molar-refractivity contribution in [2.45, 2.75) is 25.4 Å². The van der Waals surface area contributed by atoms with Gasteiger partial charge in [-0.1, -0.05) is 6.07 Å². The second-order valence-corrected chi connectivity index (χ2v) is 4.34. The van der Waals surface area contributed by atoms with Gasteiger partial charge in [0.1, 0.15) is 12.3 Å². The number of nitrogens with two attached hydrogens (primary N) is 1. The topological polar surface area (TPSA) is 69.6 Å². The van der Waals surface area contributed by atoms with Crippen LogP contribution in [0.1, 0.15) is 30.0 Å². The van der Waals surface area contributed by atoms with Crippen LogP contribution in [0.25, 0.3) is 5.65 Å². The van der Waals surface area contributed by atoms with E-state index in [0.717, 1.165) is 5.65 Å². The van der Waals surface area contributed by atoms with Crippen molar-refractivity contribution in [3.63, 3.8) is 0 Å². The highest BCUT2D eigenvalue weighted by Gasteiger charge is 2.23. The third kappa shape index (κ3) is 2.08. The zero-order valence-corrected chi connectivity index (χ0v) is 9.30. The number of aromatic nitrogens is 2. The minimum Gasteiger partial charge on any atom is -0.443 e. The summed E-state index contributed by atoms with van der Waals surface area (Å²) in [5.41, 5.74) is 7.82. The molecular weight excluding hydrogens is 218 g/mol. The van der Waals surface area contributed by atoms with Crippen LogP contribution in [0.3, 0.4) is 0 Å². The Morgan fingerprint density at radius 2 is 2.29 bits per heavy atom. The minimum absolute atomic E-state index is 0.121. The number of fused-ring (bicyclic) bond motifs is 1.